The Morgan fingerprint density at radius 3 is 2.33 bits per heavy atom. The van der Waals surface area contributed by atoms with Crippen molar-refractivity contribution in [2.75, 3.05) is 34.5 Å². The van der Waals surface area contributed by atoms with Gasteiger partial charge in [0.05, 0.1) is 39.3 Å². The Morgan fingerprint density at radius 2 is 1.81 bits per heavy atom. The predicted octanol–water partition coefficient (Wildman–Crippen LogP) is 2.87. The summed E-state index contributed by atoms with van der Waals surface area (Å²) in [4.78, 5) is 26.0. The maximum absolute atomic E-state index is 12.6. The van der Waals surface area contributed by atoms with Crippen molar-refractivity contribution in [1.82, 2.24) is 4.90 Å². The van der Waals surface area contributed by atoms with Gasteiger partial charge in [0.2, 0.25) is 5.75 Å². The number of hydrogen-bond acceptors (Lipinski definition) is 8. The van der Waals surface area contributed by atoms with E-state index in [1.807, 2.05) is 0 Å². The molecule has 0 saturated carbocycles. The molecule has 0 unspecified atom stereocenters. The summed E-state index contributed by atoms with van der Waals surface area (Å²) < 4.78 is 21.2. The van der Waals surface area contributed by atoms with Crippen LogP contribution in [0.25, 0.3) is 6.08 Å². The molecule has 7 nitrogen and oxygen atoms in total. The van der Waals surface area contributed by atoms with Crippen molar-refractivity contribution in [2.45, 2.75) is 13.3 Å². The van der Waals surface area contributed by atoms with Crippen LogP contribution in [0.1, 0.15) is 18.9 Å². The third kappa shape index (κ3) is 4.92. The first kappa shape index (κ1) is 21.0. The van der Waals surface area contributed by atoms with Crippen LogP contribution in [-0.2, 0) is 14.3 Å². The van der Waals surface area contributed by atoms with E-state index in [4.69, 9.17) is 31.2 Å². The number of thiocarbonyl (C=S) groups is 1. The first-order valence-corrected chi connectivity index (χ1v) is 9.38. The number of thioether (sulfide) groups is 1. The molecule has 1 amide bonds. The van der Waals surface area contributed by atoms with E-state index in [9.17, 15) is 9.59 Å². The van der Waals surface area contributed by atoms with E-state index in [1.165, 1.54) is 38.0 Å². The predicted molar refractivity (Wildman–Crippen MR) is 107 cm³/mol. The summed E-state index contributed by atoms with van der Waals surface area (Å²) in [7, 11) is 4.57. The Bertz CT molecular complexity index is 752. The van der Waals surface area contributed by atoms with Gasteiger partial charge in [0.15, 0.2) is 11.5 Å². The molecule has 146 valence electrons. The number of carbonyl (C=O) groups is 2. The molecule has 0 spiro atoms. The molecule has 0 radical (unpaired) electrons. The molecule has 9 heteroatoms. The van der Waals surface area contributed by atoms with Gasteiger partial charge in [-0.1, -0.05) is 24.0 Å². The van der Waals surface area contributed by atoms with Crippen LogP contribution < -0.4 is 14.2 Å². The van der Waals surface area contributed by atoms with Crippen molar-refractivity contribution < 1.29 is 28.5 Å². The molecule has 1 aromatic rings. The minimum absolute atomic E-state index is 0.0950. The molecule has 1 aromatic carbocycles. The second-order valence-electron chi connectivity index (χ2n) is 5.35. The molecule has 1 aliphatic rings. The topological polar surface area (TPSA) is 74.3 Å². The van der Waals surface area contributed by atoms with Crippen molar-refractivity contribution >= 4 is 46.3 Å². The molecule has 1 saturated heterocycles. The van der Waals surface area contributed by atoms with Gasteiger partial charge in [0, 0.05) is 6.54 Å². The molecule has 0 atom stereocenters. The first-order chi connectivity index (χ1) is 12.9. The van der Waals surface area contributed by atoms with Crippen LogP contribution in [0.15, 0.2) is 17.0 Å². The largest absolute Gasteiger partial charge is 0.493 e. The third-order valence-corrected chi connectivity index (χ3v) is 5.08. The number of nitrogens with zero attached hydrogens (tertiary/aromatic N) is 1. The number of rotatable bonds is 8. The van der Waals surface area contributed by atoms with Gasteiger partial charge in [-0.2, -0.15) is 0 Å². The van der Waals surface area contributed by atoms with Gasteiger partial charge in [-0.25, -0.2) is 0 Å². The molecule has 27 heavy (non-hydrogen) atoms. The average Bonchev–Trinajstić information content (AvgIpc) is 2.92. The van der Waals surface area contributed by atoms with E-state index in [-0.39, 0.29) is 24.8 Å². The molecule has 1 fully saturated rings. The molecule has 1 aliphatic heterocycles. The second kappa shape index (κ2) is 9.61. The monoisotopic (exact) mass is 411 g/mol. The van der Waals surface area contributed by atoms with E-state index in [1.54, 1.807) is 25.1 Å². The number of esters is 1. The van der Waals surface area contributed by atoms with Gasteiger partial charge in [0.1, 0.15) is 4.32 Å². The molecule has 2 rings (SSSR count). The fourth-order valence-corrected chi connectivity index (χ4v) is 3.77. The lowest BCUT2D eigenvalue weighted by Gasteiger charge is -2.14. The summed E-state index contributed by atoms with van der Waals surface area (Å²) in [5.41, 5.74) is 0.704. The Kier molecular flexibility index (Phi) is 7.49. The van der Waals surface area contributed by atoms with Crippen LogP contribution in [0, 0.1) is 0 Å². The standard InChI is InChI=1S/C18H21NO6S2/c1-5-25-15(20)6-7-19-17(21)14(27-18(19)26)10-11-8-12(22-2)16(24-4)13(9-11)23-3/h8-10H,5-7H2,1-4H3/b14-10+. The first-order valence-electron chi connectivity index (χ1n) is 8.16. The highest BCUT2D eigenvalue weighted by molar-refractivity contribution is 8.26. The Balaban J connectivity index is 2.23. The smallest absolute Gasteiger partial charge is 0.307 e. The zero-order valence-corrected chi connectivity index (χ0v) is 17.2. The van der Waals surface area contributed by atoms with E-state index in [0.717, 1.165) is 0 Å². The van der Waals surface area contributed by atoms with E-state index < -0.39 is 0 Å². The van der Waals surface area contributed by atoms with E-state index >= 15 is 0 Å². The highest BCUT2D eigenvalue weighted by Gasteiger charge is 2.32. The number of benzene rings is 1. The summed E-state index contributed by atoms with van der Waals surface area (Å²) in [6, 6.07) is 3.49. The fraction of sp³-hybridized carbons (Fsp3) is 0.389. The van der Waals surface area contributed by atoms with Crippen molar-refractivity contribution in [2.24, 2.45) is 0 Å². The van der Waals surface area contributed by atoms with Gasteiger partial charge in [-0.15, -0.1) is 0 Å². The Morgan fingerprint density at radius 1 is 1.19 bits per heavy atom. The quantitative estimate of drug-likeness (QED) is 0.367. The number of amides is 1. The summed E-state index contributed by atoms with van der Waals surface area (Å²) in [6.45, 7) is 2.23. The molecule has 0 aliphatic carbocycles. The fourth-order valence-electron chi connectivity index (χ4n) is 2.47. The zero-order valence-electron chi connectivity index (χ0n) is 15.6. The van der Waals surface area contributed by atoms with E-state index in [0.29, 0.717) is 38.6 Å². The number of ether oxygens (including phenoxy) is 4. The molecule has 1 heterocycles. The molecular weight excluding hydrogens is 390 g/mol. The van der Waals surface area contributed by atoms with E-state index in [2.05, 4.69) is 0 Å². The summed E-state index contributed by atoms with van der Waals surface area (Å²) in [5.74, 6) is 0.837. The van der Waals surface area contributed by atoms with Gasteiger partial charge in [0.25, 0.3) is 5.91 Å². The normalized spacial score (nSPS) is 15.3. The Hall–Kier alpha value is -2.26. The van der Waals surface area contributed by atoms with Crippen molar-refractivity contribution in [3.05, 3.63) is 22.6 Å². The lowest BCUT2D eigenvalue weighted by Crippen LogP contribution is -2.30. The van der Waals surface area contributed by atoms with Crippen molar-refractivity contribution in [3.8, 4) is 17.2 Å². The van der Waals surface area contributed by atoms with Crippen LogP contribution in [0.4, 0.5) is 0 Å². The number of carbonyl (C=O) groups excluding carboxylic acids is 2. The molecular formula is C18H21NO6S2. The minimum Gasteiger partial charge on any atom is -0.493 e. The average molecular weight is 412 g/mol. The van der Waals surface area contributed by atoms with Crippen molar-refractivity contribution in [3.63, 3.8) is 0 Å². The van der Waals surface area contributed by atoms with Gasteiger partial charge in [-0.3, -0.25) is 14.5 Å². The maximum atomic E-state index is 12.6. The highest BCUT2D eigenvalue weighted by Crippen LogP contribution is 2.40. The van der Waals surface area contributed by atoms with Crippen LogP contribution in [0.2, 0.25) is 0 Å². The summed E-state index contributed by atoms with van der Waals surface area (Å²) in [6.07, 6.45) is 1.80. The lowest BCUT2D eigenvalue weighted by atomic mass is 10.1. The van der Waals surface area contributed by atoms with Crippen LogP contribution in [0.5, 0.6) is 17.2 Å². The third-order valence-electron chi connectivity index (χ3n) is 3.70. The number of methoxy groups -OCH3 is 3. The van der Waals surface area contributed by atoms with Crippen LogP contribution >= 0.6 is 24.0 Å². The minimum atomic E-state index is -0.361. The number of hydrogen-bond donors (Lipinski definition) is 0. The van der Waals surface area contributed by atoms with Crippen LogP contribution in [0.3, 0.4) is 0 Å². The molecule has 0 bridgehead atoms. The molecule has 0 N–H and O–H groups in total. The van der Waals surface area contributed by atoms with Crippen molar-refractivity contribution in [1.29, 1.82) is 0 Å². The SMILES string of the molecule is CCOC(=O)CCN1C(=O)/C(=C\c2cc(OC)c(OC)c(OC)c2)SC1=S. The zero-order chi connectivity index (χ0) is 20.0. The lowest BCUT2D eigenvalue weighted by molar-refractivity contribution is -0.143. The van der Waals surface area contributed by atoms with Crippen LogP contribution in [-0.4, -0.2) is 55.6 Å². The second-order valence-corrected chi connectivity index (χ2v) is 7.02. The molecule has 0 aromatic heterocycles. The highest BCUT2D eigenvalue weighted by atomic mass is 32.2. The maximum Gasteiger partial charge on any atom is 0.307 e. The summed E-state index contributed by atoms with van der Waals surface area (Å²) in [5, 5.41) is 0. The Labute approximate surface area is 167 Å². The van der Waals surface area contributed by atoms with Gasteiger partial charge >= 0.3 is 5.97 Å². The van der Waals surface area contributed by atoms with Gasteiger partial charge in [-0.05, 0) is 30.7 Å². The summed E-state index contributed by atoms with van der Waals surface area (Å²) >= 11 is 6.45. The van der Waals surface area contributed by atoms with Gasteiger partial charge < -0.3 is 18.9 Å².